The number of pyridine rings is 1. The Labute approximate surface area is 170 Å². The first-order valence-corrected chi connectivity index (χ1v) is 10.3. The van der Waals surface area contributed by atoms with Gasteiger partial charge in [-0.05, 0) is 37.5 Å². The number of nitrogens with one attached hydrogen (secondary N) is 1. The molecule has 4 rings (SSSR count). The summed E-state index contributed by atoms with van der Waals surface area (Å²) in [7, 11) is 0. The second-order valence-corrected chi connectivity index (χ2v) is 7.55. The number of carbonyl (C=O) groups is 2. The van der Waals surface area contributed by atoms with Crippen LogP contribution in [-0.2, 0) is 0 Å². The predicted molar refractivity (Wildman–Crippen MR) is 112 cm³/mol. The van der Waals surface area contributed by atoms with Crippen LogP contribution in [0.25, 0.3) is 5.52 Å². The summed E-state index contributed by atoms with van der Waals surface area (Å²) in [6.45, 7) is 3.43. The Morgan fingerprint density at radius 3 is 2.38 bits per heavy atom. The van der Waals surface area contributed by atoms with Crippen LogP contribution < -0.4 is 5.32 Å². The number of benzene rings is 1. The SMILES string of the molecule is CC(NC(=O)c1nc(C(=O)N2CCCCCC2)n2ccccc12)c1ccccc1. The van der Waals surface area contributed by atoms with Crippen molar-refractivity contribution in [3.8, 4) is 0 Å². The van der Waals surface area contributed by atoms with Crippen molar-refractivity contribution in [2.45, 2.75) is 38.6 Å². The highest BCUT2D eigenvalue weighted by molar-refractivity contribution is 6.02. The first kappa shape index (κ1) is 19.2. The van der Waals surface area contributed by atoms with Crippen LogP contribution >= 0.6 is 0 Å². The minimum atomic E-state index is -0.278. The standard InChI is InChI=1S/C23H26N4O2/c1-17(18-11-5-4-6-12-18)24-22(28)20-19-13-7-10-16-27(19)21(25-20)23(29)26-14-8-2-3-9-15-26/h4-7,10-13,16-17H,2-3,8-9,14-15H2,1H3,(H,24,28). The molecular formula is C23H26N4O2. The topological polar surface area (TPSA) is 66.7 Å². The van der Waals surface area contributed by atoms with Crippen LogP contribution in [0.2, 0.25) is 0 Å². The van der Waals surface area contributed by atoms with Gasteiger partial charge in [0.25, 0.3) is 11.8 Å². The fourth-order valence-corrected chi connectivity index (χ4v) is 3.86. The Morgan fingerprint density at radius 1 is 0.966 bits per heavy atom. The number of hydrogen-bond donors (Lipinski definition) is 1. The molecule has 29 heavy (non-hydrogen) atoms. The second-order valence-electron chi connectivity index (χ2n) is 7.55. The van der Waals surface area contributed by atoms with E-state index in [2.05, 4.69) is 10.3 Å². The quantitative estimate of drug-likeness (QED) is 0.736. The highest BCUT2D eigenvalue weighted by Crippen LogP contribution is 2.19. The Morgan fingerprint density at radius 2 is 1.66 bits per heavy atom. The van der Waals surface area contributed by atoms with Crippen molar-refractivity contribution in [3.63, 3.8) is 0 Å². The van der Waals surface area contributed by atoms with Gasteiger partial charge in [-0.25, -0.2) is 4.98 Å². The van der Waals surface area contributed by atoms with E-state index in [0.29, 0.717) is 11.3 Å². The third-order valence-electron chi connectivity index (χ3n) is 5.50. The van der Waals surface area contributed by atoms with Crippen molar-refractivity contribution in [2.24, 2.45) is 0 Å². The van der Waals surface area contributed by atoms with E-state index in [1.807, 2.05) is 60.4 Å². The van der Waals surface area contributed by atoms with Gasteiger partial charge in [0.15, 0.2) is 5.69 Å². The lowest BCUT2D eigenvalue weighted by molar-refractivity contribution is 0.0748. The number of amides is 2. The molecule has 2 amide bonds. The van der Waals surface area contributed by atoms with Gasteiger partial charge < -0.3 is 10.2 Å². The van der Waals surface area contributed by atoms with Gasteiger partial charge in [0.05, 0.1) is 11.6 Å². The molecule has 1 N–H and O–H groups in total. The lowest BCUT2D eigenvalue weighted by Crippen LogP contribution is -2.33. The Kier molecular flexibility index (Phi) is 5.60. The summed E-state index contributed by atoms with van der Waals surface area (Å²) in [6.07, 6.45) is 6.12. The molecule has 1 unspecified atom stereocenters. The van der Waals surface area contributed by atoms with Crippen LogP contribution in [0.1, 0.15) is 65.3 Å². The fourth-order valence-electron chi connectivity index (χ4n) is 3.86. The van der Waals surface area contributed by atoms with Gasteiger partial charge in [-0.2, -0.15) is 0 Å². The van der Waals surface area contributed by atoms with Crippen molar-refractivity contribution in [1.29, 1.82) is 0 Å². The summed E-state index contributed by atoms with van der Waals surface area (Å²) in [5, 5.41) is 3.01. The zero-order valence-electron chi connectivity index (χ0n) is 16.7. The van der Waals surface area contributed by atoms with Gasteiger partial charge in [-0.15, -0.1) is 0 Å². The average Bonchev–Trinajstić information content (AvgIpc) is 2.93. The molecule has 1 aliphatic heterocycles. The lowest BCUT2D eigenvalue weighted by atomic mass is 10.1. The smallest absolute Gasteiger partial charge is 0.290 e. The summed E-state index contributed by atoms with van der Waals surface area (Å²) < 4.78 is 1.73. The lowest BCUT2D eigenvalue weighted by Gasteiger charge is -2.19. The average molecular weight is 390 g/mol. The van der Waals surface area contributed by atoms with Crippen molar-refractivity contribution in [1.82, 2.24) is 19.6 Å². The number of likely N-dealkylation sites (tertiary alicyclic amines) is 1. The van der Waals surface area contributed by atoms with Gasteiger partial charge in [0.1, 0.15) is 0 Å². The van der Waals surface area contributed by atoms with Gasteiger partial charge in [-0.1, -0.05) is 49.2 Å². The van der Waals surface area contributed by atoms with Crippen LogP contribution in [0.3, 0.4) is 0 Å². The van der Waals surface area contributed by atoms with Gasteiger partial charge in [0, 0.05) is 19.3 Å². The highest BCUT2D eigenvalue weighted by atomic mass is 16.2. The number of rotatable bonds is 4. The fraction of sp³-hybridized carbons (Fsp3) is 0.348. The van der Waals surface area contributed by atoms with Crippen molar-refractivity contribution in [2.75, 3.05) is 13.1 Å². The molecule has 1 aliphatic rings. The van der Waals surface area contributed by atoms with Crippen molar-refractivity contribution < 1.29 is 9.59 Å². The molecule has 6 nitrogen and oxygen atoms in total. The molecule has 1 atom stereocenters. The van der Waals surface area contributed by atoms with Crippen LogP contribution in [0, 0.1) is 0 Å². The minimum Gasteiger partial charge on any atom is -0.344 e. The number of aromatic nitrogens is 2. The largest absolute Gasteiger partial charge is 0.344 e. The molecule has 0 bridgehead atoms. The summed E-state index contributed by atoms with van der Waals surface area (Å²) in [4.78, 5) is 32.5. The molecule has 3 heterocycles. The first-order chi connectivity index (χ1) is 14.1. The summed E-state index contributed by atoms with van der Waals surface area (Å²) in [5.41, 5.74) is 1.94. The predicted octanol–water partition coefficient (Wildman–Crippen LogP) is 3.84. The summed E-state index contributed by atoms with van der Waals surface area (Å²) >= 11 is 0. The van der Waals surface area contributed by atoms with E-state index in [1.165, 1.54) is 0 Å². The van der Waals surface area contributed by atoms with Crippen LogP contribution in [-0.4, -0.2) is 39.2 Å². The maximum Gasteiger partial charge on any atom is 0.290 e. The number of carbonyl (C=O) groups excluding carboxylic acids is 2. The molecule has 1 fully saturated rings. The zero-order valence-corrected chi connectivity index (χ0v) is 16.7. The third-order valence-corrected chi connectivity index (χ3v) is 5.50. The molecular weight excluding hydrogens is 364 g/mol. The molecule has 1 saturated heterocycles. The van der Waals surface area contributed by atoms with E-state index >= 15 is 0 Å². The maximum absolute atomic E-state index is 13.2. The molecule has 3 aromatic rings. The van der Waals surface area contributed by atoms with Gasteiger partial charge in [0.2, 0.25) is 5.82 Å². The summed E-state index contributed by atoms with van der Waals surface area (Å²) in [5.74, 6) is -0.0803. The third kappa shape index (κ3) is 4.01. The number of nitrogens with zero attached hydrogens (tertiary/aromatic N) is 3. The first-order valence-electron chi connectivity index (χ1n) is 10.3. The van der Waals surface area contributed by atoms with E-state index in [9.17, 15) is 9.59 Å². The second kappa shape index (κ2) is 8.47. The maximum atomic E-state index is 13.2. The molecule has 1 aromatic carbocycles. The Balaban J connectivity index is 1.63. The Hall–Kier alpha value is -3.15. The van der Waals surface area contributed by atoms with E-state index < -0.39 is 0 Å². The van der Waals surface area contributed by atoms with E-state index in [-0.39, 0.29) is 23.6 Å². The molecule has 0 radical (unpaired) electrons. The molecule has 2 aromatic heterocycles. The van der Waals surface area contributed by atoms with E-state index in [4.69, 9.17) is 0 Å². The normalized spacial score (nSPS) is 15.7. The number of hydrogen-bond acceptors (Lipinski definition) is 3. The van der Waals surface area contributed by atoms with Gasteiger partial charge >= 0.3 is 0 Å². The van der Waals surface area contributed by atoms with E-state index in [1.54, 1.807) is 10.6 Å². The van der Waals surface area contributed by atoms with Crippen LogP contribution in [0.5, 0.6) is 0 Å². The molecule has 0 saturated carbocycles. The number of imidazole rings is 1. The van der Waals surface area contributed by atoms with Crippen LogP contribution in [0.15, 0.2) is 54.7 Å². The minimum absolute atomic E-state index is 0.108. The molecule has 0 spiro atoms. The molecule has 150 valence electrons. The van der Waals surface area contributed by atoms with E-state index in [0.717, 1.165) is 44.3 Å². The molecule has 0 aliphatic carbocycles. The Bertz CT molecular complexity index is 1000. The monoisotopic (exact) mass is 390 g/mol. The van der Waals surface area contributed by atoms with Crippen molar-refractivity contribution >= 4 is 17.3 Å². The van der Waals surface area contributed by atoms with Crippen molar-refractivity contribution in [3.05, 3.63) is 71.8 Å². The van der Waals surface area contributed by atoms with Crippen LogP contribution in [0.4, 0.5) is 0 Å². The summed E-state index contributed by atoms with van der Waals surface area (Å²) in [6, 6.07) is 15.2. The molecule has 6 heteroatoms. The number of fused-ring (bicyclic) bond motifs is 1. The highest BCUT2D eigenvalue weighted by Gasteiger charge is 2.26. The zero-order chi connectivity index (χ0) is 20.2. The van der Waals surface area contributed by atoms with Gasteiger partial charge in [-0.3, -0.25) is 14.0 Å².